The number of carbonyl (C=O) groups excluding carboxylic acids is 1. The van der Waals surface area contributed by atoms with Crippen molar-refractivity contribution in [3.63, 3.8) is 0 Å². The summed E-state index contributed by atoms with van der Waals surface area (Å²) in [5.74, 6) is -1.96. The third kappa shape index (κ3) is 17.3. The van der Waals surface area contributed by atoms with Crippen molar-refractivity contribution in [2.24, 2.45) is 5.92 Å². The molecule has 1 rings (SSSR count). The molecule has 1 N–H and O–H groups in total. The maximum absolute atomic E-state index is 12.0. The standard InChI is InChI=1S/C29H48O4/c1-2-3-4-5-6-7-8-9-10-11-12-13-14-15-16-20-23-27(29(31)32)24-28(30)33-25-26-21-18-17-19-22-26/h17-19,21-22,27H,2-16,20,23-25H2,1H3,(H,31,32). The van der Waals surface area contributed by atoms with Crippen LogP contribution in [0.15, 0.2) is 30.3 Å². The van der Waals surface area contributed by atoms with Crippen LogP contribution in [-0.2, 0) is 20.9 Å². The highest BCUT2D eigenvalue weighted by Gasteiger charge is 2.21. The molecule has 0 spiro atoms. The first-order valence-electron chi connectivity index (χ1n) is 13.6. The van der Waals surface area contributed by atoms with Gasteiger partial charge < -0.3 is 9.84 Å². The number of carboxylic acids is 1. The van der Waals surface area contributed by atoms with Crippen LogP contribution >= 0.6 is 0 Å². The lowest BCUT2D eigenvalue weighted by Crippen LogP contribution is -2.19. The molecule has 0 aromatic heterocycles. The molecule has 0 aliphatic rings. The maximum atomic E-state index is 12.0. The number of esters is 1. The fourth-order valence-corrected chi connectivity index (χ4v) is 4.25. The number of hydrogen-bond acceptors (Lipinski definition) is 3. The van der Waals surface area contributed by atoms with Crippen molar-refractivity contribution in [3.8, 4) is 0 Å². The Morgan fingerprint density at radius 1 is 0.727 bits per heavy atom. The van der Waals surface area contributed by atoms with Crippen LogP contribution in [0.5, 0.6) is 0 Å². The van der Waals surface area contributed by atoms with Crippen molar-refractivity contribution >= 4 is 11.9 Å². The molecule has 0 bridgehead atoms. The first-order valence-corrected chi connectivity index (χ1v) is 13.6. The molecule has 1 unspecified atom stereocenters. The molecule has 0 radical (unpaired) electrons. The quantitative estimate of drug-likeness (QED) is 0.139. The van der Waals surface area contributed by atoms with E-state index in [0.717, 1.165) is 24.8 Å². The molecule has 1 atom stereocenters. The van der Waals surface area contributed by atoms with Crippen LogP contribution in [0.4, 0.5) is 0 Å². The van der Waals surface area contributed by atoms with E-state index in [1.807, 2.05) is 30.3 Å². The molecule has 0 heterocycles. The van der Waals surface area contributed by atoms with Gasteiger partial charge in [-0.2, -0.15) is 0 Å². The zero-order valence-electron chi connectivity index (χ0n) is 21.1. The van der Waals surface area contributed by atoms with Gasteiger partial charge in [-0.3, -0.25) is 9.59 Å². The number of rotatable bonds is 22. The molecule has 0 amide bonds. The van der Waals surface area contributed by atoms with Gasteiger partial charge in [0.15, 0.2) is 0 Å². The predicted octanol–water partition coefficient (Wildman–Crippen LogP) is 8.47. The predicted molar refractivity (Wildman–Crippen MR) is 136 cm³/mol. The Balaban J connectivity index is 1.94. The second-order valence-electron chi connectivity index (χ2n) is 9.48. The van der Waals surface area contributed by atoms with Gasteiger partial charge in [0.1, 0.15) is 6.61 Å². The Morgan fingerprint density at radius 2 is 1.18 bits per heavy atom. The van der Waals surface area contributed by atoms with Crippen molar-refractivity contribution in [2.45, 2.75) is 129 Å². The van der Waals surface area contributed by atoms with Crippen molar-refractivity contribution < 1.29 is 19.4 Å². The number of ether oxygens (including phenoxy) is 1. The van der Waals surface area contributed by atoms with Gasteiger partial charge in [-0.15, -0.1) is 0 Å². The van der Waals surface area contributed by atoms with Gasteiger partial charge in [-0.1, -0.05) is 140 Å². The molecule has 1 aromatic carbocycles. The first-order chi connectivity index (χ1) is 16.1. The van der Waals surface area contributed by atoms with Crippen LogP contribution in [0, 0.1) is 5.92 Å². The van der Waals surface area contributed by atoms with E-state index < -0.39 is 17.9 Å². The van der Waals surface area contributed by atoms with Gasteiger partial charge in [0.25, 0.3) is 0 Å². The third-order valence-corrected chi connectivity index (χ3v) is 6.41. The average molecular weight is 461 g/mol. The molecule has 33 heavy (non-hydrogen) atoms. The number of aliphatic carboxylic acids is 1. The summed E-state index contributed by atoms with van der Waals surface area (Å²) in [6, 6.07) is 9.46. The Hall–Kier alpha value is -1.84. The highest BCUT2D eigenvalue weighted by molar-refractivity contribution is 5.78. The van der Waals surface area contributed by atoms with E-state index in [-0.39, 0.29) is 13.0 Å². The molecule has 4 nitrogen and oxygen atoms in total. The Kier molecular flexibility index (Phi) is 18.4. The van der Waals surface area contributed by atoms with Crippen molar-refractivity contribution in [1.29, 1.82) is 0 Å². The lowest BCUT2D eigenvalue weighted by molar-refractivity contribution is -0.152. The van der Waals surface area contributed by atoms with E-state index in [2.05, 4.69) is 6.92 Å². The number of carbonyl (C=O) groups is 2. The Bertz CT molecular complexity index is 599. The van der Waals surface area contributed by atoms with Crippen molar-refractivity contribution in [1.82, 2.24) is 0 Å². The summed E-state index contributed by atoms with van der Waals surface area (Å²) in [5, 5.41) is 9.43. The normalized spacial score (nSPS) is 11.9. The van der Waals surface area contributed by atoms with Crippen LogP contribution < -0.4 is 0 Å². The minimum absolute atomic E-state index is 0.0408. The summed E-state index contributed by atoms with van der Waals surface area (Å²) in [4.78, 5) is 23.5. The summed E-state index contributed by atoms with van der Waals surface area (Å²) in [6.45, 7) is 2.47. The number of unbranched alkanes of at least 4 members (excludes halogenated alkanes) is 15. The zero-order chi connectivity index (χ0) is 24.0. The Labute approximate surface area is 202 Å². The van der Waals surface area contributed by atoms with E-state index in [1.165, 1.54) is 83.5 Å². The van der Waals surface area contributed by atoms with Gasteiger partial charge in [0.2, 0.25) is 0 Å². The van der Waals surface area contributed by atoms with Gasteiger partial charge in [0, 0.05) is 0 Å². The molecule has 4 heteroatoms. The van der Waals surface area contributed by atoms with Crippen LogP contribution in [0.25, 0.3) is 0 Å². The van der Waals surface area contributed by atoms with E-state index in [4.69, 9.17) is 4.74 Å². The lowest BCUT2D eigenvalue weighted by Gasteiger charge is -2.12. The van der Waals surface area contributed by atoms with E-state index in [0.29, 0.717) is 6.42 Å². The first kappa shape index (κ1) is 29.2. The molecule has 0 aliphatic heterocycles. The fourth-order valence-electron chi connectivity index (χ4n) is 4.25. The number of hydrogen-bond donors (Lipinski definition) is 1. The maximum Gasteiger partial charge on any atom is 0.307 e. The summed E-state index contributed by atoms with van der Waals surface area (Å²) < 4.78 is 5.24. The molecule has 0 saturated heterocycles. The highest BCUT2D eigenvalue weighted by Crippen LogP contribution is 2.18. The second kappa shape index (κ2) is 20.7. The Morgan fingerprint density at radius 3 is 1.64 bits per heavy atom. The van der Waals surface area contributed by atoms with Gasteiger partial charge in [0.05, 0.1) is 12.3 Å². The average Bonchev–Trinajstić information content (AvgIpc) is 2.82. The summed E-state index contributed by atoms with van der Waals surface area (Å²) >= 11 is 0. The molecular formula is C29H48O4. The minimum Gasteiger partial charge on any atom is -0.481 e. The molecule has 188 valence electrons. The summed E-state index contributed by atoms with van der Waals surface area (Å²) in [7, 11) is 0. The topological polar surface area (TPSA) is 63.6 Å². The fraction of sp³-hybridized carbons (Fsp3) is 0.724. The van der Waals surface area contributed by atoms with Crippen molar-refractivity contribution in [3.05, 3.63) is 35.9 Å². The summed E-state index contributed by atoms with van der Waals surface area (Å²) in [6.07, 6.45) is 21.3. The number of carboxylic acid groups (broad SMARTS) is 1. The molecule has 0 aliphatic carbocycles. The molecule has 1 aromatic rings. The van der Waals surface area contributed by atoms with Crippen LogP contribution in [-0.4, -0.2) is 17.0 Å². The van der Waals surface area contributed by atoms with E-state index in [1.54, 1.807) is 0 Å². The van der Waals surface area contributed by atoms with Crippen molar-refractivity contribution in [2.75, 3.05) is 0 Å². The zero-order valence-corrected chi connectivity index (χ0v) is 21.1. The van der Waals surface area contributed by atoms with Crippen LogP contribution in [0.1, 0.15) is 128 Å². The van der Waals surface area contributed by atoms with E-state index in [9.17, 15) is 14.7 Å². The molecule has 0 saturated carbocycles. The second-order valence-corrected chi connectivity index (χ2v) is 9.48. The molecular weight excluding hydrogens is 412 g/mol. The van der Waals surface area contributed by atoms with Crippen LogP contribution in [0.3, 0.4) is 0 Å². The van der Waals surface area contributed by atoms with Crippen LogP contribution in [0.2, 0.25) is 0 Å². The van der Waals surface area contributed by atoms with Gasteiger partial charge >= 0.3 is 11.9 Å². The SMILES string of the molecule is CCCCCCCCCCCCCCCCCCC(CC(=O)OCc1ccccc1)C(=O)O. The van der Waals surface area contributed by atoms with E-state index >= 15 is 0 Å². The summed E-state index contributed by atoms with van der Waals surface area (Å²) in [5.41, 5.74) is 0.913. The number of benzene rings is 1. The lowest BCUT2D eigenvalue weighted by atomic mass is 9.97. The smallest absolute Gasteiger partial charge is 0.307 e. The van der Waals surface area contributed by atoms with Gasteiger partial charge in [-0.05, 0) is 12.0 Å². The molecule has 0 fully saturated rings. The highest BCUT2D eigenvalue weighted by atomic mass is 16.5. The van der Waals surface area contributed by atoms with Gasteiger partial charge in [-0.25, -0.2) is 0 Å². The third-order valence-electron chi connectivity index (χ3n) is 6.41. The largest absolute Gasteiger partial charge is 0.481 e. The minimum atomic E-state index is -0.896. The monoisotopic (exact) mass is 460 g/mol.